The number of fused-ring (bicyclic) bond motifs is 4. The molecule has 2 heteroatoms. The smallest absolute Gasteiger partial charge is 0.0156 e. The zero-order valence-electron chi connectivity index (χ0n) is 9.33. The van der Waals surface area contributed by atoms with Gasteiger partial charge in [-0.2, -0.15) is 11.8 Å². The van der Waals surface area contributed by atoms with Crippen LogP contribution in [0.2, 0.25) is 0 Å². The van der Waals surface area contributed by atoms with Gasteiger partial charge in [0.2, 0.25) is 0 Å². The van der Waals surface area contributed by atoms with Gasteiger partial charge < -0.3 is 0 Å². The van der Waals surface area contributed by atoms with Crippen molar-refractivity contribution in [1.29, 1.82) is 0 Å². The molecule has 0 radical (unpaired) electrons. The number of rotatable bonds is 0. The van der Waals surface area contributed by atoms with Crippen LogP contribution in [0.25, 0.3) is 0 Å². The normalized spacial score (nSPS) is 50.6. The average molecular weight is 289 g/mol. The third-order valence-corrected chi connectivity index (χ3v) is 7.20. The summed E-state index contributed by atoms with van der Waals surface area (Å²) < 4.78 is 0. The molecule has 0 aromatic heterocycles. The maximum absolute atomic E-state index is 3.84. The first-order valence-electron chi connectivity index (χ1n) is 6.62. The van der Waals surface area contributed by atoms with E-state index in [4.69, 9.17) is 0 Å². The number of alkyl halides is 1. The molecule has 5 atom stereocenters. The molecule has 0 spiro atoms. The van der Waals surface area contributed by atoms with E-state index in [1.54, 1.807) is 12.8 Å². The second-order valence-electron chi connectivity index (χ2n) is 5.65. The summed E-state index contributed by atoms with van der Waals surface area (Å²) in [7, 11) is 0. The predicted octanol–water partition coefficient (Wildman–Crippen LogP) is 4.61. The van der Waals surface area contributed by atoms with Crippen LogP contribution in [0, 0.1) is 11.8 Å². The monoisotopic (exact) mass is 288 g/mol. The summed E-state index contributed by atoms with van der Waals surface area (Å²) in [6.07, 6.45) is 12.0. The molecule has 86 valence electrons. The van der Waals surface area contributed by atoms with E-state index in [1.807, 2.05) is 0 Å². The molecule has 0 aromatic rings. The zero-order valence-corrected chi connectivity index (χ0v) is 11.7. The Balaban J connectivity index is 1.75. The van der Waals surface area contributed by atoms with Crippen molar-refractivity contribution in [2.24, 2.45) is 11.8 Å². The van der Waals surface area contributed by atoms with Gasteiger partial charge in [0.15, 0.2) is 0 Å². The summed E-state index contributed by atoms with van der Waals surface area (Å²) >= 11 is 6.19. The first kappa shape index (κ1) is 11.0. The molecule has 15 heavy (non-hydrogen) atoms. The molecule has 0 N–H and O–H groups in total. The highest BCUT2D eigenvalue weighted by Crippen LogP contribution is 2.51. The topological polar surface area (TPSA) is 0 Å². The van der Waals surface area contributed by atoms with Crippen LogP contribution in [0.3, 0.4) is 0 Å². The van der Waals surface area contributed by atoms with Crippen molar-refractivity contribution >= 4 is 27.7 Å². The van der Waals surface area contributed by atoms with E-state index in [2.05, 4.69) is 27.7 Å². The molecule has 1 saturated heterocycles. The summed E-state index contributed by atoms with van der Waals surface area (Å²) in [5.74, 6) is 2.18. The summed E-state index contributed by atoms with van der Waals surface area (Å²) in [4.78, 5) is 0.825. The van der Waals surface area contributed by atoms with Gasteiger partial charge in [0.1, 0.15) is 0 Å². The average Bonchev–Trinajstić information content (AvgIpc) is 2.41. The molecular formula is C13H21BrS. The summed E-state index contributed by atoms with van der Waals surface area (Å²) in [6.45, 7) is 0. The molecule has 3 fully saturated rings. The van der Waals surface area contributed by atoms with Crippen molar-refractivity contribution in [3.63, 3.8) is 0 Å². The lowest BCUT2D eigenvalue weighted by Gasteiger charge is -2.44. The number of halogens is 1. The van der Waals surface area contributed by atoms with Crippen LogP contribution < -0.4 is 0 Å². The van der Waals surface area contributed by atoms with E-state index in [9.17, 15) is 0 Å². The molecule has 5 unspecified atom stereocenters. The maximum Gasteiger partial charge on any atom is 0.0156 e. The van der Waals surface area contributed by atoms with Crippen LogP contribution in [0.5, 0.6) is 0 Å². The Hall–Kier alpha value is 0.830. The summed E-state index contributed by atoms with van der Waals surface area (Å²) in [6, 6.07) is 0. The van der Waals surface area contributed by atoms with Gasteiger partial charge in [-0.3, -0.25) is 0 Å². The second kappa shape index (κ2) is 4.60. The third-order valence-electron chi connectivity index (χ3n) is 4.67. The fourth-order valence-corrected chi connectivity index (χ4v) is 6.88. The summed E-state index contributed by atoms with van der Waals surface area (Å²) in [5, 5.41) is 2.03. The first-order valence-corrected chi connectivity index (χ1v) is 8.48. The highest BCUT2D eigenvalue weighted by atomic mass is 79.9. The second-order valence-corrected chi connectivity index (χ2v) is 8.49. The first-order chi connectivity index (χ1) is 7.33. The molecule has 1 aliphatic heterocycles. The van der Waals surface area contributed by atoms with Crippen molar-refractivity contribution < 1.29 is 0 Å². The lowest BCUT2D eigenvalue weighted by Crippen LogP contribution is -2.38. The van der Waals surface area contributed by atoms with Crippen LogP contribution in [0.4, 0.5) is 0 Å². The minimum atomic E-state index is 0.825. The van der Waals surface area contributed by atoms with E-state index in [0.717, 1.165) is 27.2 Å². The minimum absolute atomic E-state index is 0.825. The Morgan fingerprint density at radius 3 is 2.73 bits per heavy atom. The van der Waals surface area contributed by atoms with E-state index < -0.39 is 0 Å². The Labute approximate surface area is 106 Å². The van der Waals surface area contributed by atoms with Gasteiger partial charge >= 0.3 is 0 Å². The van der Waals surface area contributed by atoms with Crippen molar-refractivity contribution in [2.45, 2.75) is 66.7 Å². The molecule has 2 aliphatic carbocycles. The molecule has 3 rings (SSSR count). The molecule has 0 aromatic carbocycles. The van der Waals surface area contributed by atoms with Crippen LogP contribution in [0.1, 0.15) is 51.4 Å². The van der Waals surface area contributed by atoms with Crippen LogP contribution in [0.15, 0.2) is 0 Å². The Morgan fingerprint density at radius 1 is 0.933 bits per heavy atom. The lowest BCUT2D eigenvalue weighted by atomic mass is 9.76. The van der Waals surface area contributed by atoms with E-state index in [0.29, 0.717) is 0 Å². The number of hydrogen-bond donors (Lipinski definition) is 0. The van der Waals surface area contributed by atoms with Crippen LogP contribution >= 0.6 is 27.7 Å². The fraction of sp³-hybridized carbons (Fsp3) is 1.00. The largest absolute Gasteiger partial charge is 0.155 e. The molecule has 3 aliphatic rings. The lowest BCUT2D eigenvalue weighted by molar-refractivity contribution is 0.230. The van der Waals surface area contributed by atoms with E-state index in [1.165, 1.54) is 38.5 Å². The molecule has 2 bridgehead atoms. The minimum Gasteiger partial charge on any atom is -0.155 e. The highest BCUT2D eigenvalue weighted by molar-refractivity contribution is 9.09. The van der Waals surface area contributed by atoms with Crippen molar-refractivity contribution in [1.82, 2.24) is 0 Å². The quantitative estimate of drug-likeness (QED) is 0.587. The van der Waals surface area contributed by atoms with Gasteiger partial charge in [0, 0.05) is 15.3 Å². The van der Waals surface area contributed by atoms with E-state index >= 15 is 0 Å². The van der Waals surface area contributed by atoms with Crippen molar-refractivity contribution in [3.05, 3.63) is 0 Å². The Bertz CT molecular complexity index is 231. The molecular weight excluding hydrogens is 268 g/mol. The van der Waals surface area contributed by atoms with Crippen LogP contribution in [-0.4, -0.2) is 15.3 Å². The molecule has 0 nitrogen and oxygen atoms in total. The summed E-state index contributed by atoms with van der Waals surface area (Å²) in [5.41, 5.74) is 0. The van der Waals surface area contributed by atoms with Gasteiger partial charge in [-0.05, 0) is 43.9 Å². The van der Waals surface area contributed by atoms with Gasteiger partial charge in [0.05, 0.1) is 0 Å². The Kier molecular flexibility index (Phi) is 3.36. The van der Waals surface area contributed by atoms with Crippen molar-refractivity contribution in [3.8, 4) is 0 Å². The van der Waals surface area contributed by atoms with Gasteiger partial charge in [-0.1, -0.05) is 35.2 Å². The standard InChI is InChI=1S/C13H21BrS/c14-10-5-6-12-9-3-1-2-4-11(7-9)15-13(12)8-10/h9-13H,1-8H2. The fourth-order valence-electron chi connectivity index (χ4n) is 3.91. The van der Waals surface area contributed by atoms with Gasteiger partial charge in [-0.25, -0.2) is 0 Å². The van der Waals surface area contributed by atoms with Gasteiger partial charge in [0.25, 0.3) is 0 Å². The SMILES string of the molecule is BrC1CCC2C3CCCCC(C3)SC2C1. The van der Waals surface area contributed by atoms with Crippen molar-refractivity contribution in [2.75, 3.05) is 0 Å². The third kappa shape index (κ3) is 2.26. The van der Waals surface area contributed by atoms with E-state index in [-0.39, 0.29) is 0 Å². The maximum atomic E-state index is 3.84. The molecule has 0 amide bonds. The number of hydrogen-bond acceptors (Lipinski definition) is 1. The molecule has 2 saturated carbocycles. The highest BCUT2D eigenvalue weighted by Gasteiger charge is 2.41. The zero-order chi connectivity index (χ0) is 10.3. The van der Waals surface area contributed by atoms with Crippen LogP contribution in [-0.2, 0) is 0 Å². The Morgan fingerprint density at radius 2 is 1.80 bits per heavy atom. The predicted molar refractivity (Wildman–Crippen MR) is 71.8 cm³/mol. The van der Waals surface area contributed by atoms with Gasteiger partial charge in [-0.15, -0.1) is 0 Å². The molecule has 1 heterocycles. The number of thioether (sulfide) groups is 1.